The summed E-state index contributed by atoms with van der Waals surface area (Å²) in [6, 6.07) is 16.7. The number of para-hydroxylation sites is 2. The number of aromatic nitrogens is 1. The third-order valence-corrected chi connectivity index (χ3v) is 3.10. The van der Waals surface area contributed by atoms with Gasteiger partial charge in [0.1, 0.15) is 0 Å². The van der Waals surface area contributed by atoms with E-state index in [0.29, 0.717) is 0 Å². The van der Waals surface area contributed by atoms with Crippen molar-refractivity contribution < 1.29 is 0 Å². The Labute approximate surface area is 100 Å². The van der Waals surface area contributed by atoms with Crippen LogP contribution in [0, 0.1) is 0 Å². The van der Waals surface area contributed by atoms with E-state index in [-0.39, 0.29) is 0 Å². The van der Waals surface area contributed by atoms with Gasteiger partial charge in [-0.05, 0) is 18.2 Å². The Morgan fingerprint density at radius 1 is 0.882 bits per heavy atom. The van der Waals surface area contributed by atoms with Crippen LogP contribution in [0.25, 0.3) is 27.5 Å². The van der Waals surface area contributed by atoms with Crippen molar-refractivity contribution in [3.8, 4) is 0 Å². The molecular weight excluding hydrogens is 206 g/mol. The largest absolute Gasteiger partial charge is 0.310 e. The molecule has 82 valence electrons. The third-order valence-electron chi connectivity index (χ3n) is 3.10. The van der Waals surface area contributed by atoms with Crippen LogP contribution in [-0.2, 0) is 0 Å². The topological polar surface area (TPSA) is 4.93 Å². The lowest BCUT2D eigenvalue weighted by molar-refractivity contribution is 1.25. The molecule has 0 radical (unpaired) electrons. The van der Waals surface area contributed by atoms with Crippen molar-refractivity contribution in [3.05, 3.63) is 67.8 Å². The molecule has 0 atom stereocenters. The van der Waals surface area contributed by atoms with E-state index in [9.17, 15) is 0 Å². The van der Waals surface area contributed by atoms with E-state index in [1.807, 2.05) is 12.1 Å². The SMILES string of the molecule is C=CC(=C)n1c2ccccc2c2ccccc21. The zero-order chi connectivity index (χ0) is 11.8. The Kier molecular flexibility index (Phi) is 2.12. The summed E-state index contributed by atoms with van der Waals surface area (Å²) < 4.78 is 2.15. The predicted molar refractivity (Wildman–Crippen MR) is 75.0 cm³/mol. The molecule has 1 heterocycles. The van der Waals surface area contributed by atoms with E-state index in [4.69, 9.17) is 0 Å². The molecule has 0 saturated heterocycles. The maximum atomic E-state index is 4.06. The quantitative estimate of drug-likeness (QED) is 0.561. The van der Waals surface area contributed by atoms with Crippen LogP contribution in [0.4, 0.5) is 0 Å². The van der Waals surface area contributed by atoms with Crippen molar-refractivity contribution in [2.45, 2.75) is 0 Å². The van der Waals surface area contributed by atoms with Gasteiger partial charge >= 0.3 is 0 Å². The van der Waals surface area contributed by atoms with Crippen LogP contribution in [0.1, 0.15) is 0 Å². The van der Waals surface area contributed by atoms with Crippen LogP contribution >= 0.6 is 0 Å². The fourth-order valence-corrected chi connectivity index (χ4v) is 2.32. The third kappa shape index (κ3) is 1.32. The summed E-state index contributed by atoms with van der Waals surface area (Å²) >= 11 is 0. The Bertz CT molecular complexity index is 678. The van der Waals surface area contributed by atoms with Gasteiger partial charge in [-0.15, -0.1) is 0 Å². The van der Waals surface area contributed by atoms with E-state index in [1.165, 1.54) is 21.8 Å². The molecule has 2 aromatic carbocycles. The number of rotatable bonds is 2. The predicted octanol–water partition coefficient (Wildman–Crippen LogP) is 4.45. The molecule has 0 saturated carbocycles. The van der Waals surface area contributed by atoms with Crippen molar-refractivity contribution in [2.75, 3.05) is 0 Å². The second kappa shape index (κ2) is 3.63. The first kappa shape index (κ1) is 9.91. The van der Waals surface area contributed by atoms with Crippen LogP contribution in [0.15, 0.2) is 67.8 Å². The van der Waals surface area contributed by atoms with E-state index in [0.717, 1.165) is 5.70 Å². The minimum atomic E-state index is 0.905. The van der Waals surface area contributed by atoms with E-state index in [2.05, 4.69) is 54.1 Å². The first-order valence-electron chi connectivity index (χ1n) is 5.63. The average molecular weight is 219 g/mol. The highest BCUT2D eigenvalue weighted by molar-refractivity contribution is 6.10. The Balaban J connectivity index is 2.59. The molecule has 1 nitrogen and oxygen atoms in total. The maximum Gasteiger partial charge on any atom is 0.0540 e. The van der Waals surface area contributed by atoms with Gasteiger partial charge in [0.15, 0.2) is 0 Å². The summed E-state index contributed by atoms with van der Waals surface area (Å²) in [6.45, 7) is 7.87. The summed E-state index contributed by atoms with van der Waals surface area (Å²) in [6.07, 6.45) is 1.79. The first-order chi connectivity index (χ1) is 8.33. The summed E-state index contributed by atoms with van der Waals surface area (Å²) in [7, 11) is 0. The summed E-state index contributed by atoms with van der Waals surface area (Å²) in [5.41, 5.74) is 3.26. The Morgan fingerprint density at radius 2 is 1.35 bits per heavy atom. The number of hydrogen-bond donors (Lipinski definition) is 0. The normalized spacial score (nSPS) is 10.8. The number of allylic oxidation sites excluding steroid dienone is 2. The van der Waals surface area contributed by atoms with E-state index in [1.54, 1.807) is 6.08 Å². The molecule has 0 spiro atoms. The molecule has 0 amide bonds. The van der Waals surface area contributed by atoms with Crippen molar-refractivity contribution in [1.29, 1.82) is 0 Å². The van der Waals surface area contributed by atoms with Gasteiger partial charge in [0, 0.05) is 16.5 Å². The lowest BCUT2D eigenvalue weighted by Gasteiger charge is -2.05. The summed E-state index contributed by atoms with van der Waals surface area (Å²) in [5.74, 6) is 0. The minimum Gasteiger partial charge on any atom is -0.310 e. The molecule has 3 rings (SSSR count). The van der Waals surface area contributed by atoms with E-state index < -0.39 is 0 Å². The second-order valence-electron chi connectivity index (χ2n) is 4.07. The molecule has 0 bridgehead atoms. The average Bonchev–Trinajstić information content (AvgIpc) is 2.72. The molecule has 1 aromatic heterocycles. The minimum absolute atomic E-state index is 0.905. The fourth-order valence-electron chi connectivity index (χ4n) is 2.32. The smallest absolute Gasteiger partial charge is 0.0540 e. The molecular formula is C16H13N. The molecule has 17 heavy (non-hydrogen) atoms. The lowest BCUT2D eigenvalue weighted by atomic mass is 10.2. The van der Waals surface area contributed by atoms with Gasteiger partial charge < -0.3 is 4.57 Å². The van der Waals surface area contributed by atoms with Gasteiger partial charge in [-0.1, -0.05) is 49.6 Å². The van der Waals surface area contributed by atoms with Gasteiger partial charge in [0.05, 0.1) is 11.0 Å². The van der Waals surface area contributed by atoms with Gasteiger partial charge in [0.2, 0.25) is 0 Å². The number of fused-ring (bicyclic) bond motifs is 3. The standard InChI is InChI=1S/C16H13N/c1-3-12(2)17-15-10-6-4-8-13(15)14-9-5-7-11-16(14)17/h3-11H,1-2H2. The molecule has 0 aliphatic heterocycles. The van der Waals surface area contributed by atoms with Crippen LogP contribution < -0.4 is 0 Å². The molecule has 0 aliphatic carbocycles. The van der Waals surface area contributed by atoms with Crippen LogP contribution in [0.3, 0.4) is 0 Å². The van der Waals surface area contributed by atoms with Crippen molar-refractivity contribution in [1.82, 2.24) is 4.57 Å². The van der Waals surface area contributed by atoms with Gasteiger partial charge in [-0.3, -0.25) is 0 Å². The van der Waals surface area contributed by atoms with Crippen LogP contribution in [0.5, 0.6) is 0 Å². The Morgan fingerprint density at radius 3 is 1.82 bits per heavy atom. The molecule has 0 N–H and O–H groups in total. The number of nitrogens with zero attached hydrogens (tertiary/aromatic N) is 1. The number of benzene rings is 2. The lowest BCUT2D eigenvalue weighted by Crippen LogP contribution is -1.91. The van der Waals surface area contributed by atoms with Crippen molar-refractivity contribution >= 4 is 27.5 Å². The zero-order valence-corrected chi connectivity index (χ0v) is 9.56. The molecule has 0 fully saturated rings. The highest BCUT2D eigenvalue weighted by Crippen LogP contribution is 2.30. The van der Waals surface area contributed by atoms with Crippen LogP contribution in [0.2, 0.25) is 0 Å². The first-order valence-corrected chi connectivity index (χ1v) is 5.63. The second-order valence-corrected chi connectivity index (χ2v) is 4.07. The van der Waals surface area contributed by atoms with Crippen LogP contribution in [-0.4, -0.2) is 4.57 Å². The molecule has 0 aliphatic rings. The van der Waals surface area contributed by atoms with Crippen molar-refractivity contribution in [3.63, 3.8) is 0 Å². The summed E-state index contributed by atoms with van der Waals surface area (Å²) in [4.78, 5) is 0. The molecule has 1 heteroatoms. The van der Waals surface area contributed by atoms with Gasteiger partial charge in [-0.2, -0.15) is 0 Å². The monoisotopic (exact) mass is 219 g/mol. The zero-order valence-electron chi connectivity index (χ0n) is 9.56. The maximum absolute atomic E-state index is 4.06. The summed E-state index contributed by atoms with van der Waals surface area (Å²) in [5, 5.41) is 2.51. The highest BCUT2D eigenvalue weighted by atomic mass is 15.0. The van der Waals surface area contributed by atoms with Gasteiger partial charge in [-0.25, -0.2) is 0 Å². The van der Waals surface area contributed by atoms with Crippen molar-refractivity contribution in [2.24, 2.45) is 0 Å². The van der Waals surface area contributed by atoms with Gasteiger partial charge in [0.25, 0.3) is 0 Å². The Hall–Kier alpha value is -2.28. The van der Waals surface area contributed by atoms with E-state index >= 15 is 0 Å². The molecule has 3 aromatic rings. The number of hydrogen-bond acceptors (Lipinski definition) is 0. The molecule has 0 unspecified atom stereocenters. The highest BCUT2D eigenvalue weighted by Gasteiger charge is 2.09. The fraction of sp³-hybridized carbons (Fsp3) is 0.